The fourth-order valence-corrected chi connectivity index (χ4v) is 1.36. The van der Waals surface area contributed by atoms with Gasteiger partial charge in [0.05, 0.1) is 18.3 Å². The van der Waals surface area contributed by atoms with Crippen molar-refractivity contribution < 1.29 is 9.90 Å². The van der Waals surface area contributed by atoms with Gasteiger partial charge >= 0.3 is 5.97 Å². The monoisotopic (exact) mass is 209 g/mol. The van der Waals surface area contributed by atoms with Crippen LogP contribution in [0.1, 0.15) is 12.0 Å². The zero-order valence-electron chi connectivity index (χ0n) is 8.90. The maximum atomic E-state index is 10.4. The third-order valence-corrected chi connectivity index (χ3v) is 2.09. The van der Waals surface area contributed by atoms with Crippen LogP contribution in [-0.4, -0.2) is 29.7 Å². The first-order chi connectivity index (χ1) is 7.00. The molecule has 1 heterocycles. The second kappa shape index (κ2) is 4.63. The molecule has 0 aliphatic rings. The molecule has 0 unspecified atom stereocenters. The summed E-state index contributed by atoms with van der Waals surface area (Å²) in [6, 6.07) is 1.82. The SMILES string of the molecule is Cc1cc(N)cnc1N(C)CCC(=O)O. The van der Waals surface area contributed by atoms with Crippen molar-refractivity contribution >= 4 is 17.5 Å². The van der Waals surface area contributed by atoms with Crippen molar-refractivity contribution in [2.75, 3.05) is 24.2 Å². The Morgan fingerprint density at radius 2 is 2.33 bits per heavy atom. The van der Waals surface area contributed by atoms with Crippen LogP contribution < -0.4 is 10.6 Å². The van der Waals surface area contributed by atoms with Crippen LogP contribution in [-0.2, 0) is 4.79 Å². The van der Waals surface area contributed by atoms with E-state index >= 15 is 0 Å². The minimum atomic E-state index is -0.810. The highest BCUT2D eigenvalue weighted by Crippen LogP contribution is 2.17. The quantitative estimate of drug-likeness (QED) is 0.769. The molecule has 0 radical (unpaired) electrons. The summed E-state index contributed by atoms with van der Waals surface area (Å²) in [7, 11) is 1.81. The molecule has 1 rings (SSSR count). The molecule has 0 spiro atoms. The second-order valence-corrected chi connectivity index (χ2v) is 3.47. The van der Waals surface area contributed by atoms with Crippen LogP contribution in [0.5, 0.6) is 0 Å². The molecular weight excluding hydrogens is 194 g/mol. The minimum Gasteiger partial charge on any atom is -0.481 e. The Kier molecular flexibility index (Phi) is 3.49. The molecule has 3 N–H and O–H groups in total. The molecule has 0 aliphatic heterocycles. The van der Waals surface area contributed by atoms with Crippen LogP contribution in [0.3, 0.4) is 0 Å². The average Bonchev–Trinajstić information content (AvgIpc) is 2.14. The average molecular weight is 209 g/mol. The molecule has 0 aliphatic carbocycles. The first-order valence-corrected chi connectivity index (χ1v) is 4.65. The summed E-state index contributed by atoms with van der Waals surface area (Å²) in [6.07, 6.45) is 1.67. The zero-order chi connectivity index (χ0) is 11.4. The number of pyridine rings is 1. The van der Waals surface area contributed by atoms with Crippen molar-refractivity contribution in [1.29, 1.82) is 0 Å². The topological polar surface area (TPSA) is 79.5 Å². The number of carbonyl (C=O) groups is 1. The summed E-state index contributed by atoms with van der Waals surface area (Å²) in [4.78, 5) is 16.4. The third kappa shape index (κ3) is 3.12. The number of rotatable bonds is 4. The predicted octanol–water partition coefficient (Wildman–Crippen LogP) is 0.883. The Morgan fingerprint density at radius 3 is 2.87 bits per heavy atom. The van der Waals surface area contributed by atoms with E-state index in [-0.39, 0.29) is 6.42 Å². The molecule has 0 fully saturated rings. The van der Waals surface area contributed by atoms with E-state index in [1.807, 2.05) is 24.9 Å². The van der Waals surface area contributed by atoms with Gasteiger partial charge in [-0.2, -0.15) is 0 Å². The molecule has 1 aromatic heterocycles. The number of nitrogen functional groups attached to an aromatic ring is 1. The number of nitrogens with two attached hydrogens (primary N) is 1. The van der Waals surface area contributed by atoms with Gasteiger partial charge in [0.25, 0.3) is 0 Å². The summed E-state index contributed by atoms with van der Waals surface area (Å²) >= 11 is 0. The minimum absolute atomic E-state index is 0.0992. The maximum Gasteiger partial charge on any atom is 0.305 e. The van der Waals surface area contributed by atoms with Crippen molar-refractivity contribution in [3.05, 3.63) is 17.8 Å². The van der Waals surface area contributed by atoms with E-state index in [0.717, 1.165) is 11.4 Å². The molecule has 0 amide bonds. The van der Waals surface area contributed by atoms with Crippen LogP contribution in [0.4, 0.5) is 11.5 Å². The van der Waals surface area contributed by atoms with Crippen LogP contribution in [0.25, 0.3) is 0 Å². The number of nitrogens with zero attached hydrogens (tertiary/aromatic N) is 2. The lowest BCUT2D eigenvalue weighted by Crippen LogP contribution is -2.22. The molecule has 0 saturated heterocycles. The van der Waals surface area contributed by atoms with Gasteiger partial charge < -0.3 is 15.7 Å². The lowest BCUT2D eigenvalue weighted by Gasteiger charge is -2.19. The van der Waals surface area contributed by atoms with Gasteiger partial charge in [-0.05, 0) is 18.6 Å². The summed E-state index contributed by atoms with van der Waals surface area (Å²) in [6.45, 7) is 2.34. The highest BCUT2D eigenvalue weighted by atomic mass is 16.4. The Balaban J connectivity index is 2.73. The summed E-state index contributed by atoms with van der Waals surface area (Å²) in [5.41, 5.74) is 7.14. The van der Waals surface area contributed by atoms with Gasteiger partial charge in [0, 0.05) is 13.6 Å². The zero-order valence-corrected chi connectivity index (χ0v) is 8.90. The number of aryl methyl sites for hydroxylation is 1. The second-order valence-electron chi connectivity index (χ2n) is 3.47. The van der Waals surface area contributed by atoms with Gasteiger partial charge in [-0.3, -0.25) is 4.79 Å². The number of aliphatic carboxylic acids is 1. The molecule has 0 bridgehead atoms. The van der Waals surface area contributed by atoms with E-state index in [1.54, 1.807) is 6.20 Å². The van der Waals surface area contributed by atoms with Gasteiger partial charge in [0.1, 0.15) is 5.82 Å². The molecule has 0 saturated carbocycles. The van der Waals surface area contributed by atoms with Crippen LogP contribution >= 0.6 is 0 Å². The van der Waals surface area contributed by atoms with Crippen molar-refractivity contribution in [3.63, 3.8) is 0 Å². The van der Waals surface area contributed by atoms with Crippen molar-refractivity contribution in [2.45, 2.75) is 13.3 Å². The van der Waals surface area contributed by atoms with Gasteiger partial charge in [-0.25, -0.2) is 4.98 Å². The largest absolute Gasteiger partial charge is 0.481 e. The lowest BCUT2D eigenvalue weighted by molar-refractivity contribution is -0.136. The molecule has 5 nitrogen and oxygen atoms in total. The number of anilines is 2. The van der Waals surface area contributed by atoms with Gasteiger partial charge in [-0.15, -0.1) is 0 Å². The number of carboxylic acid groups (broad SMARTS) is 1. The number of hydrogen-bond donors (Lipinski definition) is 2. The lowest BCUT2D eigenvalue weighted by atomic mass is 10.2. The Morgan fingerprint density at radius 1 is 1.67 bits per heavy atom. The van der Waals surface area contributed by atoms with Crippen molar-refractivity contribution in [1.82, 2.24) is 4.98 Å². The van der Waals surface area contributed by atoms with Gasteiger partial charge in [-0.1, -0.05) is 0 Å². The molecule has 15 heavy (non-hydrogen) atoms. The number of aromatic nitrogens is 1. The predicted molar refractivity (Wildman–Crippen MR) is 58.9 cm³/mol. The number of hydrogen-bond acceptors (Lipinski definition) is 4. The molecule has 1 aromatic rings. The molecule has 0 atom stereocenters. The van der Waals surface area contributed by atoms with Crippen LogP contribution in [0, 0.1) is 6.92 Å². The molecule has 82 valence electrons. The Hall–Kier alpha value is -1.78. The first kappa shape index (κ1) is 11.3. The van der Waals surface area contributed by atoms with Gasteiger partial charge in [0.2, 0.25) is 0 Å². The van der Waals surface area contributed by atoms with Crippen molar-refractivity contribution in [2.24, 2.45) is 0 Å². The third-order valence-electron chi connectivity index (χ3n) is 2.09. The van der Waals surface area contributed by atoms with E-state index < -0.39 is 5.97 Å². The van der Waals surface area contributed by atoms with Crippen LogP contribution in [0.2, 0.25) is 0 Å². The highest BCUT2D eigenvalue weighted by molar-refractivity contribution is 5.67. The highest BCUT2D eigenvalue weighted by Gasteiger charge is 2.07. The summed E-state index contributed by atoms with van der Waals surface area (Å²) in [5, 5.41) is 8.56. The van der Waals surface area contributed by atoms with E-state index in [1.165, 1.54) is 0 Å². The van der Waals surface area contributed by atoms with Crippen LogP contribution in [0.15, 0.2) is 12.3 Å². The maximum absolute atomic E-state index is 10.4. The first-order valence-electron chi connectivity index (χ1n) is 4.65. The smallest absolute Gasteiger partial charge is 0.305 e. The normalized spacial score (nSPS) is 10.0. The van der Waals surface area contributed by atoms with Gasteiger partial charge in [0.15, 0.2) is 0 Å². The summed E-state index contributed by atoms with van der Waals surface area (Å²) in [5.74, 6) is -0.0413. The molecular formula is C10H15N3O2. The Bertz CT molecular complexity index is 366. The number of carboxylic acids is 1. The van der Waals surface area contributed by atoms with E-state index in [2.05, 4.69) is 4.98 Å². The van der Waals surface area contributed by atoms with E-state index in [4.69, 9.17) is 10.8 Å². The Labute approximate surface area is 88.5 Å². The fraction of sp³-hybridized carbons (Fsp3) is 0.400. The standard InChI is InChI=1S/C10H15N3O2/c1-7-5-8(11)6-12-10(7)13(2)4-3-9(14)15/h5-6H,3-4,11H2,1-2H3,(H,14,15). The fourth-order valence-electron chi connectivity index (χ4n) is 1.36. The summed E-state index contributed by atoms with van der Waals surface area (Å²) < 4.78 is 0. The molecule has 0 aromatic carbocycles. The van der Waals surface area contributed by atoms with E-state index in [0.29, 0.717) is 12.2 Å². The van der Waals surface area contributed by atoms with Crippen molar-refractivity contribution in [3.8, 4) is 0 Å². The molecule has 5 heteroatoms. The van der Waals surface area contributed by atoms with E-state index in [9.17, 15) is 4.79 Å².